The van der Waals surface area contributed by atoms with Crippen molar-refractivity contribution in [1.29, 1.82) is 0 Å². The van der Waals surface area contributed by atoms with E-state index >= 15 is 0 Å². The number of piperidine rings is 1. The maximum absolute atomic E-state index is 11.3. The van der Waals surface area contributed by atoms with Crippen molar-refractivity contribution in [1.82, 2.24) is 9.88 Å². The predicted octanol–water partition coefficient (Wildman–Crippen LogP) is 5.73. The lowest BCUT2D eigenvalue weighted by Crippen LogP contribution is -2.41. The van der Waals surface area contributed by atoms with Gasteiger partial charge in [0.25, 0.3) is 0 Å². The fourth-order valence-electron chi connectivity index (χ4n) is 5.29. The van der Waals surface area contributed by atoms with Gasteiger partial charge in [0, 0.05) is 30.1 Å². The lowest BCUT2D eigenvalue weighted by Gasteiger charge is -2.38. The van der Waals surface area contributed by atoms with Gasteiger partial charge in [0.2, 0.25) is 0 Å². The van der Waals surface area contributed by atoms with Gasteiger partial charge in [-0.25, -0.2) is 0 Å². The quantitative estimate of drug-likeness (QED) is 0.393. The van der Waals surface area contributed by atoms with Gasteiger partial charge in [0.1, 0.15) is 5.75 Å². The zero-order chi connectivity index (χ0) is 25.3. The second-order valence-electron chi connectivity index (χ2n) is 9.89. The van der Waals surface area contributed by atoms with E-state index < -0.39 is 5.97 Å². The van der Waals surface area contributed by atoms with Crippen molar-refractivity contribution in [3.05, 3.63) is 71.4 Å². The summed E-state index contributed by atoms with van der Waals surface area (Å²) in [6.45, 7) is 4.76. The minimum atomic E-state index is -0.706. The van der Waals surface area contributed by atoms with E-state index in [9.17, 15) is 9.90 Å². The van der Waals surface area contributed by atoms with Crippen molar-refractivity contribution in [3.8, 4) is 17.6 Å². The minimum absolute atomic E-state index is 0.235. The molecule has 0 radical (unpaired) electrons. The van der Waals surface area contributed by atoms with Crippen LogP contribution in [0.1, 0.15) is 48.8 Å². The molecule has 0 aliphatic carbocycles. The fraction of sp³-hybridized carbons (Fsp3) is 0.419. The van der Waals surface area contributed by atoms with Crippen LogP contribution in [0.3, 0.4) is 0 Å². The van der Waals surface area contributed by atoms with E-state index in [1.807, 2.05) is 18.3 Å². The Kier molecular flexibility index (Phi) is 8.97. The van der Waals surface area contributed by atoms with Gasteiger partial charge in [0.15, 0.2) is 0 Å². The summed E-state index contributed by atoms with van der Waals surface area (Å²) in [4.78, 5) is 18.2. The zero-order valence-electron chi connectivity index (χ0n) is 21.4. The Labute approximate surface area is 214 Å². The number of aromatic nitrogens is 1. The molecule has 1 fully saturated rings. The number of methoxy groups -OCH3 is 1. The average molecular weight is 485 g/mol. The third-order valence-corrected chi connectivity index (χ3v) is 7.35. The summed E-state index contributed by atoms with van der Waals surface area (Å²) in [7, 11) is 1.69. The number of nitrogens with zero attached hydrogens (tertiary/aromatic N) is 2. The molecule has 36 heavy (non-hydrogen) atoms. The Balaban J connectivity index is 1.35. The molecule has 2 heterocycles. The number of carbonyl (C=O) groups is 1. The van der Waals surface area contributed by atoms with Crippen LogP contribution < -0.4 is 4.74 Å². The molecule has 1 N–H and O–H groups in total. The third kappa shape index (κ3) is 7.08. The Morgan fingerprint density at radius 1 is 1.14 bits per heavy atom. The number of fused-ring (bicyclic) bond motifs is 1. The normalized spacial score (nSPS) is 17.9. The molecule has 3 aromatic rings. The van der Waals surface area contributed by atoms with Gasteiger partial charge in [-0.05, 0) is 99.4 Å². The first kappa shape index (κ1) is 25.7. The summed E-state index contributed by atoms with van der Waals surface area (Å²) in [5, 5.41) is 10.5. The first-order valence-electron chi connectivity index (χ1n) is 12.9. The first-order chi connectivity index (χ1) is 17.5. The van der Waals surface area contributed by atoms with Crippen molar-refractivity contribution in [2.24, 2.45) is 11.8 Å². The molecule has 0 saturated carbocycles. The number of hydrogen-bond donors (Lipinski definition) is 1. The molecule has 2 aromatic carbocycles. The number of aryl methyl sites for hydroxylation is 2. The number of ether oxygens (including phenoxy) is 1. The molecule has 1 saturated heterocycles. The van der Waals surface area contributed by atoms with Crippen LogP contribution in [0.25, 0.3) is 10.9 Å². The Morgan fingerprint density at radius 3 is 2.75 bits per heavy atom. The number of aliphatic carboxylic acids is 1. The summed E-state index contributed by atoms with van der Waals surface area (Å²) in [6, 6.07) is 16.4. The van der Waals surface area contributed by atoms with Crippen LogP contribution in [0.4, 0.5) is 0 Å². The number of rotatable bonds is 9. The van der Waals surface area contributed by atoms with Gasteiger partial charge in [-0.15, -0.1) is 0 Å². The molecule has 1 aliphatic rings. The van der Waals surface area contributed by atoms with E-state index in [1.54, 1.807) is 7.11 Å². The highest BCUT2D eigenvalue weighted by Crippen LogP contribution is 2.32. The molecule has 2 unspecified atom stereocenters. The van der Waals surface area contributed by atoms with Crippen LogP contribution in [-0.4, -0.2) is 47.7 Å². The summed E-state index contributed by atoms with van der Waals surface area (Å²) >= 11 is 0. The van der Waals surface area contributed by atoms with Gasteiger partial charge >= 0.3 is 5.97 Å². The van der Waals surface area contributed by atoms with Gasteiger partial charge < -0.3 is 9.84 Å². The molecule has 2 atom stereocenters. The second kappa shape index (κ2) is 12.6. The number of carboxylic acid groups (broad SMARTS) is 1. The number of likely N-dealkylation sites (tertiary alicyclic amines) is 1. The van der Waals surface area contributed by atoms with E-state index in [4.69, 9.17) is 4.74 Å². The standard InChI is InChI=1S/C31H36N2O3/c1-23-8-10-24(11-9-23)5-4-19-33-20-17-25(27(22-33)12-15-31(34)35)6-3-7-26-16-18-32-30-14-13-28(36-2)21-29(26)30/h8-11,13-14,16,18,21,25,27H,3,6-7,12,15,17,19-20,22H2,1-2H3,(H,34,35). The Bertz CT molecular complexity index is 1230. The van der Waals surface area contributed by atoms with Crippen LogP contribution in [0.2, 0.25) is 0 Å². The van der Waals surface area contributed by atoms with Crippen LogP contribution in [0.5, 0.6) is 5.75 Å². The molecule has 1 aromatic heterocycles. The summed E-state index contributed by atoms with van der Waals surface area (Å²) in [6.07, 6.45) is 7.13. The lowest BCUT2D eigenvalue weighted by molar-refractivity contribution is -0.137. The molecule has 1 aliphatic heterocycles. The average Bonchev–Trinajstić information content (AvgIpc) is 2.89. The highest BCUT2D eigenvalue weighted by Gasteiger charge is 2.28. The predicted molar refractivity (Wildman–Crippen MR) is 144 cm³/mol. The molecule has 0 spiro atoms. The molecule has 188 valence electrons. The van der Waals surface area contributed by atoms with E-state index in [1.165, 1.54) is 11.1 Å². The zero-order valence-corrected chi connectivity index (χ0v) is 21.4. The highest BCUT2D eigenvalue weighted by atomic mass is 16.5. The van der Waals surface area contributed by atoms with E-state index in [0.717, 1.165) is 74.0 Å². The topological polar surface area (TPSA) is 62.7 Å². The largest absolute Gasteiger partial charge is 0.497 e. The Morgan fingerprint density at radius 2 is 1.97 bits per heavy atom. The van der Waals surface area contributed by atoms with E-state index in [-0.39, 0.29) is 6.42 Å². The molecule has 5 heteroatoms. The Hall–Kier alpha value is -3.36. The summed E-state index contributed by atoms with van der Waals surface area (Å²) in [5.74, 6) is 7.68. The lowest BCUT2D eigenvalue weighted by atomic mass is 9.79. The van der Waals surface area contributed by atoms with Crippen LogP contribution in [-0.2, 0) is 11.2 Å². The first-order valence-corrected chi connectivity index (χ1v) is 12.9. The molecular weight excluding hydrogens is 448 g/mol. The molecule has 0 bridgehead atoms. The molecular formula is C31H36N2O3. The number of pyridine rings is 1. The monoisotopic (exact) mass is 484 g/mol. The van der Waals surface area contributed by atoms with Crippen molar-refractivity contribution < 1.29 is 14.6 Å². The fourth-order valence-corrected chi connectivity index (χ4v) is 5.29. The van der Waals surface area contributed by atoms with Crippen molar-refractivity contribution in [2.45, 2.75) is 45.4 Å². The second-order valence-corrected chi connectivity index (χ2v) is 9.89. The van der Waals surface area contributed by atoms with Gasteiger partial charge in [0.05, 0.1) is 19.2 Å². The van der Waals surface area contributed by atoms with Crippen molar-refractivity contribution >= 4 is 16.9 Å². The SMILES string of the molecule is COc1ccc2nccc(CCCC3CCN(CC#Cc4ccc(C)cc4)CC3CCC(=O)O)c2c1. The molecule has 0 amide bonds. The maximum atomic E-state index is 11.3. The number of hydrogen-bond acceptors (Lipinski definition) is 4. The van der Waals surface area contributed by atoms with Crippen molar-refractivity contribution in [2.75, 3.05) is 26.7 Å². The molecule has 5 nitrogen and oxygen atoms in total. The van der Waals surface area contributed by atoms with Crippen molar-refractivity contribution in [3.63, 3.8) is 0 Å². The third-order valence-electron chi connectivity index (χ3n) is 7.35. The van der Waals surface area contributed by atoms with Gasteiger partial charge in [-0.2, -0.15) is 0 Å². The van der Waals surface area contributed by atoms with E-state index in [2.05, 4.69) is 65.0 Å². The molecule has 4 rings (SSSR count). The highest BCUT2D eigenvalue weighted by molar-refractivity contribution is 5.83. The van der Waals surface area contributed by atoms with Gasteiger partial charge in [-0.1, -0.05) is 29.5 Å². The number of carboxylic acids is 1. The van der Waals surface area contributed by atoms with Crippen LogP contribution >= 0.6 is 0 Å². The van der Waals surface area contributed by atoms with Gasteiger partial charge in [-0.3, -0.25) is 14.7 Å². The van der Waals surface area contributed by atoms with Crippen LogP contribution in [0, 0.1) is 30.6 Å². The maximum Gasteiger partial charge on any atom is 0.303 e. The summed E-state index contributed by atoms with van der Waals surface area (Å²) in [5.41, 5.74) is 4.57. The minimum Gasteiger partial charge on any atom is -0.497 e. The number of benzene rings is 2. The van der Waals surface area contributed by atoms with E-state index in [0.29, 0.717) is 11.8 Å². The smallest absolute Gasteiger partial charge is 0.303 e. The van der Waals surface area contributed by atoms with Crippen LogP contribution in [0.15, 0.2) is 54.7 Å². The summed E-state index contributed by atoms with van der Waals surface area (Å²) < 4.78 is 5.42.